The summed E-state index contributed by atoms with van der Waals surface area (Å²) in [5.74, 6) is -0.731. The summed E-state index contributed by atoms with van der Waals surface area (Å²) in [4.78, 5) is 47.1. The second kappa shape index (κ2) is 13.1. The van der Waals surface area contributed by atoms with Crippen LogP contribution in [-0.2, 0) is 0 Å². The molecule has 1 aromatic heterocycles. The van der Waals surface area contributed by atoms with Crippen LogP contribution in [0.5, 0.6) is 0 Å². The summed E-state index contributed by atoms with van der Waals surface area (Å²) >= 11 is 0. The van der Waals surface area contributed by atoms with Gasteiger partial charge in [-0.05, 0) is 86.6 Å². The lowest BCUT2D eigenvalue weighted by Gasteiger charge is -2.33. The number of anilines is 2. The minimum absolute atomic E-state index is 0.0202. The van der Waals surface area contributed by atoms with Crippen LogP contribution in [0.4, 0.5) is 15.8 Å². The summed E-state index contributed by atoms with van der Waals surface area (Å²) in [6, 6.07) is 25.1. The first-order valence-corrected chi connectivity index (χ1v) is 13.7. The van der Waals surface area contributed by atoms with E-state index in [4.69, 9.17) is 0 Å². The summed E-state index contributed by atoms with van der Waals surface area (Å²) < 4.78 is 13.2. The Morgan fingerprint density at radius 2 is 1.51 bits per heavy atom. The van der Waals surface area contributed by atoms with Gasteiger partial charge in [-0.1, -0.05) is 30.3 Å². The van der Waals surface area contributed by atoms with E-state index >= 15 is 0 Å². The van der Waals surface area contributed by atoms with Crippen LogP contribution in [0.1, 0.15) is 43.9 Å². The number of carbonyl (C=O) groups excluding carboxylic acids is 3. The molecule has 0 saturated carbocycles. The Kier molecular flexibility index (Phi) is 8.91. The number of hydrogen-bond donors (Lipinski definition) is 1. The van der Waals surface area contributed by atoms with Crippen molar-refractivity contribution in [1.29, 1.82) is 0 Å². The van der Waals surface area contributed by atoms with Gasteiger partial charge in [-0.15, -0.1) is 0 Å². The fourth-order valence-corrected chi connectivity index (χ4v) is 5.02. The molecule has 0 radical (unpaired) electrons. The third-order valence-electron chi connectivity index (χ3n) is 7.36. The topological polar surface area (TPSA) is 82.6 Å². The molecule has 0 bridgehead atoms. The smallest absolute Gasteiger partial charge is 0.258 e. The van der Waals surface area contributed by atoms with Gasteiger partial charge in [0.05, 0.1) is 11.9 Å². The number of halogens is 1. The Morgan fingerprint density at radius 1 is 0.829 bits per heavy atom. The highest BCUT2D eigenvalue weighted by Crippen LogP contribution is 2.23. The Hall–Kier alpha value is -4.69. The SMILES string of the molecule is O=C(Nc1ccc(C(=O)N(CCN2CCC(C(=O)c3ccccc3)CC2)c2cccnc2)cc1)c1ccc(F)cc1. The van der Waals surface area contributed by atoms with Crippen LogP contribution in [-0.4, -0.2) is 53.7 Å². The van der Waals surface area contributed by atoms with E-state index in [1.807, 2.05) is 36.4 Å². The van der Waals surface area contributed by atoms with Crippen LogP contribution in [0, 0.1) is 11.7 Å². The number of hydrogen-bond acceptors (Lipinski definition) is 5. The number of ketones is 1. The van der Waals surface area contributed by atoms with Crippen molar-refractivity contribution in [3.8, 4) is 0 Å². The number of pyridine rings is 1. The second-order valence-electron chi connectivity index (χ2n) is 10.1. The molecule has 0 atom stereocenters. The van der Waals surface area contributed by atoms with Gasteiger partial charge in [0.2, 0.25) is 0 Å². The molecule has 1 aliphatic heterocycles. The number of Topliss-reactive ketones (excluding diaryl/α,β-unsaturated/α-hetero) is 1. The summed E-state index contributed by atoms with van der Waals surface area (Å²) in [6.45, 7) is 2.71. The lowest BCUT2D eigenvalue weighted by atomic mass is 9.89. The van der Waals surface area contributed by atoms with Crippen LogP contribution in [0.3, 0.4) is 0 Å². The number of aromatic nitrogens is 1. The fourth-order valence-electron chi connectivity index (χ4n) is 5.02. The molecular weight excluding hydrogens is 519 g/mol. The number of nitrogens with one attached hydrogen (secondary N) is 1. The molecule has 0 spiro atoms. The summed E-state index contributed by atoms with van der Waals surface area (Å²) in [5.41, 5.74) is 2.79. The highest BCUT2D eigenvalue weighted by Gasteiger charge is 2.27. The lowest BCUT2D eigenvalue weighted by molar-refractivity contribution is 0.0841. The molecule has 1 N–H and O–H groups in total. The molecule has 2 amide bonds. The first-order chi connectivity index (χ1) is 20.0. The Morgan fingerprint density at radius 3 is 2.17 bits per heavy atom. The van der Waals surface area contributed by atoms with E-state index in [1.54, 1.807) is 47.6 Å². The molecule has 1 aliphatic rings. The molecule has 41 heavy (non-hydrogen) atoms. The first-order valence-electron chi connectivity index (χ1n) is 13.7. The molecule has 3 aromatic carbocycles. The molecule has 7 nitrogen and oxygen atoms in total. The van der Waals surface area contributed by atoms with E-state index in [2.05, 4.69) is 15.2 Å². The van der Waals surface area contributed by atoms with E-state index in [1.165, 1.54) is 24.3 Å². The number of benzene rings is 3. The van der Waals surface area contributed by atoms with Crippen molar-refractivity contribution >= 4 is 29.0 Å². The molecule has 8 heteroatoms. The highest BCUT2D eigenvalue weighted by molar-refractivity contribution is 6.07. The third kappa shape index (κ3) is 7.10. The fraction of sp³-hybridized carbons (Fsp3) is 0.212. The quantitative estimate of drug-likeness (QED) is 0.270. The molecule has 4 aromatic rings. The largest absolute Gasteiger partial charge is 0.322 e. The lowest BCUT2D eigenvalue weighted by Crippen LogP contribution is -2.43. The van der Waals surface area contributed by atoms with Crippen LogP contribution in [0.25, 0.3) is 0 Å². The number of likely N-dealkylation sites (tertiary alicyclic amines) is 1. The van der Waals surface area contributed by atoms with Crippen LogP contribution in [0.15, 0.2) is 103 Å². The molecular formula is C33H31FN4O3. The third-order valence-corrected chi connectivity index (χ3v) is 7.36. The van der Waals surface area contributed by atoms with Gasteiger partial charge in [0, 0.05) is 47.6 Å². The Balaban J connectivity index is 1.20. The van der Waals surface area contributed by atoms with Crippen molar-refractivity contribution < 1.29 is 18.8 Å². The second-order valence-corrected chi connectivity index (χ2v) is 10.1. The average molecular weight is 551 g/mol. The van der Waals surface area contributed by atoms with Gasteiger partial charge in [0.25, 0.3) is 11.8 Å². The normalized spacial score (nSPS) is 13.9. The zero-order valence-corrected chi connectivity index (χ0v) is 22.6. The van der Waals surface area contributed by atoms with Crippen LogP contribution in [0.2, 0.25) is 0 Å². The van der Waals surface area contributed by atoms with E-state index in [0.717, 1.165) is 31.5 Å². The predicted molar refractivity (Wildman–Crippen MR) is 157 cm³/mol. The average Bonchev–Trinajstić information content (AvgIpc) is 3.02. The monoisotopic (exact) mass is 550 g/mol. The highest BCUT2D eigenvalue weighted by atomic mass is 19.1. The summed E-state index contributed by atoms with van der Waals surface area (Å²) in [7, 11) is 0. The molecule has 1 saturated heterocycles. The van der Waals surface area contributed by atoms with E-state index < -0.39 is 5.82 Å². The van der Waals surface area contributed by atoms with Crippen molar-refractivity contribution in [3.63, 3.8) is 0 Å². The number of nitrogens with zero attached hydrogens (tertiary/aromatic N) is 3. The Bertz CT molecular complexity index is 1470. The Labute approximate surface area is 238 Å². The zero-order valence-electron chi connectivity index (χ0n) is 22.6. The number of rotatable bonds is 9. The van der Waals surface area contributed by atoms with E-state index in [-0.39, 0.29) is 23.5 Å². The van der Waals surface area contributed by atoms with Gasteiger partial charge in [-0.3, -0.25) is 19.4 Å². The maximum Gasteiger partial charge on any atom is 0.258 e. The number of piperidine rings is 1. The molecule has 1 fully saturated rings. The maximum atomic E-state index is 13.6. The molecule has 0 aliphatic carbocycles. The standard InChI is InChI=1S/C33H31FN4O3/c34-28-12-8-26(9-13-28)32(40)36-29-14-10-27(11-15-29)33(41)38(30-7-4-18-35-23-30)22-21-37-19-16-25(17-20-37)31(39)24-5-2-1-3-6-24/h1-15,18,23,25H,16-17,19-22H2,(H,36,40). The van der Waals surface area contributed by atoms with Gasteiger partial charge >= 0.3 is 0 Å². The first kappa shape index (κ1) is 27.9. The van der Waals surface area contributed by atoms with Gasteiger partial charge in [-0.25, -0.2) is 4.39 Å². The number of carbonyl (C=O) groups is 3. The van der Waals surface area contributed by atoms with Crippen LogP contribution >= 0.6 is 0 Å². The van der Waals surface area contributed by atoms with Gasteiger partial charge in [0.1, 0.15) is 5.82 Å². The van der Waals surface area contributed by atoms with Crippen molar-refractivity contribution in [1.82, 2.24) is 9.88 Å². The van der Waals surface area contributed by atoms with Crippen molar-refractivity contribution in [2.45, 2.75) is 12.8 Å². The van der Waals surface area contributed by atoms with Crippen molar-refractivity contribution in [2.24, 2.45) is 5.92 Å². The number of amides is 2. The van der Waals surface area contributed by atoms with E-state index in [9.17, 15) is 18.8 Å². The summed E-state index contributed by atoms with van der Waals surface area (Å²) in [6.07, 6.45) is 4.92. The molecule has 208 valence electrons. The van der Waals surface area contributed by atoms with E-state index in [0.29, 0.717) is 35.6 Å². The van der Waals surface area contributed by atoms with Crippen molar-refractivity contribution in [3.05, 3.63) is 126 Å². The molecule has 0 unspecified atom stereocenters. The van der Waals surface area contributed by atoms with Gasteiger partial charge in [0.15, 0.2) is 5.78 Å². The molecule has 5 rings (SSSR count). The molecule has 2 heterocycles. The van der Waals surface area contributed by atoms with Crippen LogP contribution < -0.4 is 10.2 Å². The predicted octanol–water partition coefficient (Wildman–Crippen LogP) is 5.71. The zero-order chi connectivity index (χ0) is 28.6. The van der Waals surface area contributed by atoms with Gasteiger partial charge < -0.3 is 15.1 Å². The van der Waals surface area contributed by atoms with Gasteiger partial charge in [-0.2, -0.15) is 0 Å². The minimum Gasteiger partial charge on any atom is -0.322 e. The maximum absolute atomic E-state index is 13.6. The summed E-state index contributed by atoms with van der Waals surface area (Å²) in [5, 5.41) is 2.77. The van der Waals surface area contributed by atoms with Crippen molar-refractivity contribution in [2.75, 3.05) is 36.4 Å². The minimum atomic E-state index is -0.412.